The standard InChI is InChI=1S/C19H24N4O3/c1-12(13-6-7-17-18(10-13)26-9-8-25-17)23(2)19(24)20-11-16-14-4-3-5-15(14)21-22-16/h6-7,10,12H,3-5,8-9,11H2,1-2H3,(H,20,24)(H,21,22). The van der Waals surface area contributed by atoms with Crippen molar-refractivity contribution in [2.45, 2.75) is 38.8 Å². The number of hydrogen-bond donors (Lipinski definition) is 2. The Balaban J connectivity index is 1.39. The molecule has 138 valence electrons. The van der Waals surface area contributed by atoms with Crippen molar-refractivity contribution in [2.24, 2.45) is 0 Å². The van der Waals surface area contributed by atoms with Gasteiger partial charge in [-0.3, -0.25) is 5.10 Å². The second-order valence-corrected chi connectivity index (χ2v) is 6.83. The lowest BCUT2D eigenvalue weighted by molar-refractivity contribution is 0.170. The van der Waals surface area contributed by atoms with Gasteiger partial charge in [-0.05, 0) is 49.4 Å². The van der Waals surface area contributed by atoms with Gasteiger partial charge < -0.3 is 19.7 Å². The van der Waals surface area contributed by atoms with E-state index in [9.17, 15) is 4.79 Å². The normalized spacial score (nSPS) is 16.1. The van der Waals surface area contributed by atoms with Gasteiger partial charge in [-0.1, -0.05) is 6.07 Å². The molecule has 1 aromatic heterocycles. The predicted octanol–water partition coefficient (Wildman–Crippen LogP) is 2.57. The molecule has 2 aromatic rings. The lowest BCUT2D eigenvalue weighted by atomic mass is 10.1. The number of aromatic nitrogens is 2. The summed E-state index contributed by atoms with van der Waals surface area (Å²) in [6, 6.07) is 5.61. The van der Waals surface area contributed by atoms with Gasteiger partial charge in [0.15, 0.2) is 11.5 Å². The van der Waals surface area contributed by atoms with E-state index in [0.717, 1.165) is 42.0 Å². The molecule has 1 aliphatic heterocycles. The van der Waals surface area contributed by atoms with Crippen LogP contribution < -0.4 is 14.8 Å². The number of carbonyl (C=O) groups is 1. The first kappa shape index (κ1) is 16.8. The first-order chi connectivity index (χ1) is 12.6. The van der Waals surface area contributed by atoms with Gasteiger partial charge in [0.25, 0.3) is 0 Å². The van der Waals surface area contributed by atoms with Gasteiger partial charge in [0.2, 0.25) is 0 Å². The van der Waals surface area contributed by atoms with Crippen molar-refractivity contribution in [3.05, 3.63) is 40.7 Å². The molecule has 0 spiro atoms. The van der Waals surface area contributed by atoms with Gasteiger partial charge in [0.05, 0.1) is 18.3 Å². The number of ether oxygens (including phenoxy) is 2. The number of nitrogens with zero attached hydrogens (tertiary/aromatic N) is 2. The topological polar surface area (TPSA) is 79.5 Å². The van der Waals surface area contributed by atoms with Crippen LogP contribution in [0.4, 0.5) is 4.79 Å². The number of aryl methyl sites for hydroxylation is 1. The zero-order valence-corrected chi connectivity index (χ0v) is 15.2. The molecule has 0 bridgehead atoms. The summed E-state index contributed by atoms with van der Waals surface area (Å²) in [6.45, 7) is 3.57. The Morgan fingerprint density at radius 2 is 2.12 bits per heavy atom. The fourth-order valence-electron chi connectivity index (χ4n) is 3.54. The number of benzene rings is 1. The molecule has 0 radical (unpaired) electrons. The van der Waals surface area contributed by atoms with Gasteiger partial charge in [0, 0.05) is 12.7 Å². The van der Waals surface area contributed by atoms with Crippen LogP contribution in [-0.4, -0.2) is 41.4 Å². The first-order valence-electron chi connectivity index (χ1n) is 9.08. The van der Waals surface area contributed by atoms with Crippen molar-refractivity contribution in [1.82, 2.24) is 20.4 Å². The monoisotopic (exact) mass is 356 g/mol. The van der Waals surface area contributed by atoms with Crippen LogP contribution in [0.25, 0.3) is 0 Å². The van der Waals surface area contributed by atoms with Crippen LogP contribution in [0.5, 0.6) is 11.5 Å². The molecule has 1 aromatic carbocycles. The summed E-state index contributed by atoms with van der Waals surface area (Å²) in [5, 5.41) is 10.4. The highest BCUT2D eigenvalue weighted by Gasteiger charge is 2.22. The van der Waals surface area contributed by atoms with Crippen LogP contribution in [0, 0.1) is 0 Å². The zero-order valence-electron chi connectivity index (χ0n) is 15.2. The van der Waals surface area contributed by atoms with Crippen LogP contribution in [0.2, 0.25) is 0 Å². The van der Waals surface area contributed by atoms with Gasteiger partial charge in [0.1, 0.15) is 13.2 Å². The highest BCUT2D eigenvalue weighted by Crippen LogP contribution is 2.33. The van der Waals surface area contributed by atoms with Crippen molar-refractivity contribution >= 4 is 6.03 Å². The molecule has 1 unspecified atom stereocenters. The number of aromatic amines is 1. The molecular weight excluding hydrogens is 332 g/mol. The van der Waals surface area contributed by atoms with E-state index in [2.05, 4.69) is 15.5 Å². The minimum Gasteiger partial charge on any atom is -0.486 e. The van der Waals surface area contributed by atoms with Crippen LogP contribution in [-0.2, 0) is 19.4 Å². The highest BCUT2D eigenvalue weighted by molar-refractivity contribution is 5.74. The number of nitrogens with one attached hydrogen (secondary N) is 2. The molecule has 2 amide bonds. The summed E-state index contributed by atoms with van der Waals surface area (Å²) in [6.07, 6.45) is 3.25. The molecule has 7 heteroatoms. The Labute approximate surface area is 152 Å². The molecule has 0 saturated heterocycles. The maximum Gasteiger partial charge on any atom is 0.317 e. The summed E-state index contributed by atoms with van der Waals surface area (Å²) < 4.78 is 11.2. The highest BCUT2D eigenvalue weighted by atomic mass is 16.6. The third-order valence-electron chi connectivity index (χ3n) is 5.25. The molecular formula is C19H24N4O3. The molecule has 1 atom stereocenters. The maximum atomic E-state index is 12.6. The molecule has 2 heterocycles. The predicted molar refractivity (Wildman–Crippen MR) is 96.5 cm³/mol. The quantitative estimate of drug-likeness (QED) is 0.882. The number of fused-ring (bicyclic) bond motifs is 2. The lowest BCUT2D eigenvalue weighted by Crippen LogP contribution is -2.38. The lowest BCUT2D eigenvalue weighted by Gasteiger charge is -2.27. The van der Waals surface area contributed by atoms with Crippen LogP contribution in [0.1, 0.15) is 41.9 Å². The molecule has 1 aliphatic carbocycles. The maximum absolute atomic E-state index is 12.6. The molecule has 7 nitrogen and oxygen atoms in total. The van der Waals surface area contributed by atoms with E-state index < -0.39 is 0 Å². The van der Waals surface area contributed by atoms with Gasteiger partial charge in [-0.2, -0.15) is 5.10 Å². The number of amides is 2. The molecule has 26 heavy (non-hydrogen) atoms. The second kappa shape index (κ2) is 6.90. The summed E-state index contributed by atoms with van der Waals surface area (Å²) in [5.74, 6) is 1.49. The third-order valence-corrected chi connectivity index (χ3v) is 5.25. The van der Waals surface area contributed by atoms with Crippen molar-refractivity contribution in [2.75, 3.05) is 20.3 Å². The fourth-order valence-corrected chi connectivity index (χ4v) is 3.54. The van der Waals surface area contributed by atoms with E-state index in [-0.39, 0.29) is 12.1 Å². The van der Waals surface area contributed by atoms with Gasteiger partial charge in [-0.15, -0.1) is 0 Å². The minimum absolute atomic E-state index is 0.0873. The average molecular weight is 356 g/mol. The Morgan fingerprint density at radius 1 is 1.31 bits per heavy atom. The summed E-state index contributed by atoms with van der Waals surface area (Å²) in [7, 11) is 1.80. The fraction of sp³-hybridized carbons (Fsp3) is 0.474. The van der Waals surface area contributed by atoms with Crippen molar-refractivity contribution in [3.63, 3.8) is 0 Å². The number of H-pyrrole nitrogens is 1. The van der Waals surface area contributed by atoms with Crippen LogP contribution in [0.3, 0.4) is 0 Å². The van der Waals surface area contributed by atoms with Crippen LogP contribution in [0.15, 0.2) is 18.2 Å². The molecule has 0 saturated carbocycles. The molecule has 4 rings (SSSR count). The average Bonchev–Trinajstić information content (AvgIpc) is 3.28. The largest absolute Gasteiger partial charge is 0.486 e. The SMILES string of the molecule is CC(c1ccc2c(c1)OCCO2)N(C)C(=O)NCc1n[nH]c2c1CCC2. The number of urea groups is 1. The van der Waals surface area contributed by atoms with Crippen molar-refractivity contribution in [3.8, 4) is 11.5 Å². The zero-order chi connectivity index (χ0) is 18.1. The molecule has 0 fully saturated rings. The smallest absolute Gasteiger partial charge is 0.317 e. The van der Waals surface area contributed by atoms with E-state index in [0.29, 0.717) is 19.8 Å². The number of hydrogen-bond acceptors (Lipinski definition) is 4. The summed E-state index contributed by atoms with van der Waals surface area (Å²) in [5.41, 5.74) is 4.44. The Hall–Kier alpha value is -2.70. The number of carbonyl (C=O) groups excluding carboxylic acids is 1. The van der Waals surface area contributed by atoms with Crippen molar-refractivity contribution < 1.29 is 14.3 Å². The molecule has 2 aliphatic rings. The van der Waals surface area contributed by atoms with Gasteiger partial charge in [-0.25, -0.2) is 4.79 Å². The van der Waals surface area contributed by atoms with E-state index in [1.807, 2.05) is 25.1 Å². The Kier molecular flexibility index (Phi) is 4.44. The number of rotatable bonds is 4. The van der Waals surface area contributed by atoms with Crippen LogP contribution >= 0.6 is 0 Å². The van der Waals surface area contributed by atoms with E-state index in [1.54, 1.807) is 11.9 Å². The third kappa shape index (κ3) is 3.09. The van der Waals surface area contributed by atoms with E-state index in [4.69, 9.17) is 9.47 Å². The summed E-state index contributed by atoms with van der Waals surface area (Å²) in [4.78, 5) is 14.3. The Bertz CT molecular complexity index is 817. The molecule has 2 N–H and O–H groups in total. The van der Waals surface area contributed by atoms with Crippen molar-refractivity contribution in [1.29, 1.82) is 0 Å². The van der Waals surface area contributed by atoms with Gasteiger partial charge >= 0.3 is 6.03 Å². The van der Waals surface area contributed by atoms with E-state index >= 15 is 0 Å². The summed E-state index contributed by atoms with van der Waals surface area (Å²) >= 11 is 0. The minimum atomic E-state index is -0.123. The van der Waals surface area contributed by atoms with E-state index in [1.165, 1.54) is 11.3 Å². The Morgan fingerprint density at radius 3 is 2.96 bits per heavy atom. The first-order valence-corrected chi connectivity index (χ1v) is 9.08. The second-order valence-electron chi connectivity index (χ2n) is 6.83.